The summed E-state index contributed by atoms with van der Waals surface area (Å²) in [5, 5.41) is 0. The molecule has 0 atom stereocenters. The summed E-state index contributed by atoms with van der Waals surface area (Å²) in [6, 6.07) is 54.0. The van der Waals surface area contributed by atoms with Gasteiger partial charge in [0.05, 0.1) is 62.4 Å². The lowest BCUT2D eigenvalue weighted by molar-refractivity contribution is 0.00708. The average molecular weight is 911 g/mol. The Morgan fingerprint density at radius 1 is 0.377 bits per heavy atom. The minimum absolute atomic E-state index is 0.304. The molecule has 0 spiro atoms. The number of nitrogens with one attached hydrogen (secondary N) is 2. The van der Waals surface area contributed by atoms with Crippen LogP contribution in [0.5, 0.6) is 17.2 Å². The molecule has 3 aliphatic heterocycles. The first kappa shape index (κ1) is 43.5. The monoisotopic (exact) mass is 910 g/mol. The highest BCUT2D eigenvalue weighted by Gasteiger charge is 2.19. The van der Waals surface area contributed by atoms with Crippen LogP contribution in [0.2, 0.25) is 0 Å². The van der Waals surface area contributed by atoms with Gasteiger partial charge in [0, 0.05) is 44.3 Å². The Morgan fingerprint density at radius 3 is 1.25 bits per heavy atom. The fourth-order valence-corrected chi connectivity index (χ4v) is 8.98. The van der Waals surface area contributed by atoms with Gasteiger partial charge in [-0.1, -0.05) is 109 Å². The van der Waals surface area contributed by atoms with Crippen molar-refractivity contribution in [3.05, 3.63) is 186 Å². The van der Waals surface area contributed by atoms with E-state index in [1.807, 2.05) is 48.5 Å². The van der Waals surface area contributed by atoms with Crippen molar-refractivity contribution in [2.45, 2.75) is 6.61 Å². The van der Waals surface area contributed by atoms with Crippen molar-refractivity contribution >= 4 is 46.4 Å². The molecule has 0 unspecified atom stereocenters. The number of hydrogen-bond donors (Lipinski definition) is 2. The third kappa shape index (κ3) is 9.73. The van der Waals surface area contributed by atoms with Gasteiger partial charge in [-0.05, 0) is 101 Å². The topological polar surface area (TPSA) is 113 Å². The summed E-state index contributed by atoms with van der Waals surface area (Å²) in [7, 11) is 0. The molecule has 342 valence electrons. The number of benzene rings is 5. The van der Waals surface area contributed by atoms with Gasteiger partial charge in [0.2, 0.25) is 0 Å². The lowest BCUT2D eigenvalue weighted by Crippen LogP contribution is -2.13. The number of fused-ring (bicyclic) bond motifs is 9. The van der Waals surface area contributed by atoms with Gasteiger partial charge in [0.1, 0.15) is 25.6 Å². The van der Waals surface area contributed by atoms with Crippen LogP contribution in [-0.4, -0.2) is 72.8 Å². The molecule has 2 N–H and O–H groups in total. The molecule has 11 rings (SSSR count). The van der Waals surface area contributed by atoms with Crippen LogP contribution in [0.1, 0.15) is 28.3 Å². The second kappa shape index (κ2) is 20.5. The summed E-state index contributed by atoms with van der Waals surface area (Å²) in [4.78, 5) is 18.6. The first-order valence-electron chi connectivity index (χ1n) is 23.4. The third-order valence-electron chi connectivity index (χ3n) is 12.2. The second-order valence-corrected chi connectivity index (χ2v) is 16.7. The summed E-state index contributed by atoms with van der Waals surface area (Å²) < 4.78 is 35.7. The molecule has 3 aliphatic rings. The molecular weight excluding hydrogens is 861 g/mol. The maximum Gasteiger partial charge on any atom is 0.161 e. The van der Waals surface area contributed by atoms with Gasteiger partial charge >= 0.3 is 0 Å². The van der Waals surface area contributed by atoms with E-state index in [-0.39, 0.29) is 0 Å². The van der Waals surface area contributed by atoms with E-state index in [0.717, 1.165) is 94.9 Å². The molecule has 5 aromatic carbocycles. The maximum atomic E-state index is 6.56. The Morgan fingerprint density at radius 2 is 0.783 bits per heavy atom. The molecular formula is C59H50N4O6. The highest BCUT2D eigenvalue weighted by molar-refractivity contribution is 5.99. The minimum Gasteiger partial charge on any atom is -0.489 e. The van der Waals surface area contributed by atoms with Crippen LogP contribution >= 0.6 is 0 Å². The summed E-state index contributed by atoms with van der Waals surface area (Å²) >= 11 is 0. The van der Waals surface area contributed by atoms with Crippen LogP contribution in [0.25, 0.3) is 90.9 Å². The van der Waals surface area contributed by atoms with Gasteiger partial charge in [-0.2, -0.15) is 0 Å². The molecule has 10 nitrogen and oxygen atoms in total. The normalized spacial score (nSPS) is 14.2. The molecule has 8 aromatic rings. The molecule has 0 amide bonds. The predicted molar refractivity (Wildman–Crippen MR) is 275 cm³/mol. The fraction of sp³-hybridized carbons (Fsp3) is 0.153. The van der Waals surface area contributed by atoms with Gasteiger partial charge in [0.25, 0.3) is 0 Å². The second-order valence-electron chi connectivity index (χ2n) is 16.7. The van der Waals surface area contributed by atoms with Gasteiger partial charge in [-0.15, -0.1) is 0 Å². The third-order valence-corrected chi connectivity index (χ3v) is 12.2. The number of ether oxygens (including phenoxy) is 6. The Labute approximate surface area is 400 Å². The first-order valence-corrected chi connectivity index (χ1v) is 23.4. The van der Waals surface area contributed by atoms with Crippen molar-refractivity contribution in [3.63, 3.8) is 0 Å². The van der Waals surface area contributed by atoms with Crippen molar-refractivity contribution in [3.8, 4) is 61.8 Å². The van der Waals surface area contributed by atoms with Crippen molar-refractivity contribution in [1.82, 2.24) is 19.9 Å². The quantitative estimate of drug-likeness (QED) is 0.163. The van der Waals surface area contributed by atoms with Gasteiger partial charge in [-0.25, -0.2) is 9.97 Å². The molecule has 0 saturated heterocycles. The highest BCUT2D eigenvalue weighted by Crippen LogP contribution is 2.39. The van der Waals surface area contributed by atoms with Crippen LogP contribution in [0, 0.1) is 0 Å². The van der Waals surface area contributed by atoms with E-state index < -0.39 is 0 Å². The maximum absolute atomic E-state index is 6.56. The zero-order valence-corrected chi connectivity index (χ0v) is 38.0. The number of nitrogens with zero attached hydrogens (tertiary/aromatic N) is 2. The van der Waals surface area contributed by atoms with E-state index in [0.29, 0.717) is 76.7 Å². The Hall–Kier alpha value is -8.02. The molecule has 0 saturated carbocycles. The zero-order valence-electron chi connectivity index (χ0n) is 38.0. The van der Waals surface area contributed by atoms with E-state index in [9.17, 15) is 0 Å². The average Bonchev–Trinajstić information content (AvgIpc) is 4.25. The van der Waals surface area contributed by atoms with Crippen LogP contribution in [-0.2, 0) is 20.8 Å². The Kier molecular flexibility index (Phi) is 12.9. The smallest absolute Gasteiger partial charge is 0.161 e. The lowest BCUT2D eigenvalue weighted by atomic mass is 10.0. The van der Waals surface area contributed by atoms with Crippen molar-refractivity contribution in [1.29, 1.82) is 0 Å². The van der Waals surface area contributed by atoms with E-state index in [2.05, 4.69) is 143 Å². The van der Waals surface area contributed by atoms with Gasteiger partial charge < -0.3 is 38.4 Å². The number of H-pyrrole nitrogens is 2. The molecule has 8 bridgehead atoms. The van der Waals surface area contributed by atoms with Crippen LogP contribution in [0.4, 0.5) is 0 Å². The van der Waals surface area contributed by atoms with Crippen LogP contribution < -0.4 is 14.2 Å². The summed E-state index contributed by atoms with van der Waals surface area (Å²) in [5.41, 5.74) is 16.1. The Bertz CT molecular complexity index is 3290. The molecule has 10 heteroatoms. The largest absolute Gasteiger partial charge is 0.489 e. The van der Waals surface area contributed by atoms with Crippen LogP contribution in [0.15, 0.2) is 158 Å². The summed E-state index contributed by atoms with van der Waals surface area (Å²) in [6.45, 7) is 3.95. The predicted octanol–water partition coefficient (Wildman–Crippen LogP) is 12.7. The molecule has 69 heavy (non-hydrogen) atoms. The molecule has 3 aromatic heterocycles. The first-order chi connectivity index (χ1) is 34.2. The number of aromatic nitrogens is 4. The van der Waals surface area contributed by atoms with E-state index >= 15 is 0 Å². The SMILES string of the molecule is C1=Cc2nc1c(-c1ccccc1)c1ccc([nH]1)c(-c1ccccc1)c1nc(c(-c3cccc(OCc4ccc5c(c4)OCCOCCOCCOCCO5)c3)c3ccc([nH]3)c2-c2ccccc2)C=C1. The molecule has 0 aliphatic carbocycles. The van der Waals surface area contributed by atoms with Crippen LogP contribution in [0.3, 0.4) is 0 Å². The number of rotatable bonds is 7. The van der Waals surface area contributed by atoms with Crippen molar-refractivity contribution in [2.24, 2.45) is 0 Å². The fourth-order valence-electron chi connectivity index (χ4n) is 8.98. The number of hydrogen-bond acceptors (Lipinski definition) is 8. The highest BCUT2D eigenvalue weighted by atomic mass is 16.6. The van der Waals surface area contributed by atoms with E-state index in [1.165, 1.54) is 0 Å². The standard InChI is InChI=1S/C59H50N4O6/c1-4-11-41(12-5-1)56-46-20-22-48(60-46)57(42-13-6-2-7-14-42)50-24-26-52(62-50)59(53-27-25-51(63-53)58(43-15-8-3-9-16-43)49-23-21-47(56)61-49)44-17-10-18-45(38-44)69-39-40-19-28-54-55(37-40)68-36-34-66-32-30-64-29-31-65-33-35-67-54/h1-28,37-38,60,63H,29-36,39H2. The molecule has 0 fully saturated rings. The summed E-state index contributed by atoms with van der Waals surface area (Å²) in [6.07, 6.45) is 8.48. The Balaban J connectivity index is 1.04. The van der Waals surface area contributed by atoms with Gasteiger partial charge in [-0.3, -0.25) is 0 Å². The molecule has 6 heterocycles. The van der Waals surface area contributed by atoms with Gasteiger partial charge in [0.15, 0.2) is 11.5 Å². The van der Waals surface area contributed by atoms with E-state index in [4.69, 9.17) is 38.4 Å². The van der Waals surface area contributed by atoms with Crippen molar-refractivity contribution in [2.75, 3.05) is 52.9 Å². The number of aromatic amines is 2. The zero-order chi connectivity index (χ0) is 46.2. The molecule has 0 radical (unpaired) electrons. The lowest BCUT2D eigenvalue weighted by Gasteiger charge is -2.15. The summed E-state index contributed by atoms with van der Waals surface area (Å²) in [5.74, 6) is 1.97. The van der Waals surface area contributed by atoms with Crippen molar-refractivity contribution < 1.29 is 28.4 Å². The minimum atomic E-state index is 0.304. The van der Waals surface area contributed by atoms with E-state index in [1.54, 1.807) is 0 Å².